The second-order valence-corrected chi connectivity index (χ2v) is 6.52. The molecular formula is C17H23NO3. The Balaban J connectivity index is 1.46. The first-order valence-electron chi connectivity index (χ1n) is 8.13. The van der Waals surface area contributed by atoms with Gasteiger partial charge in [0, 0.05) is 12.6 Å². The molecular weight excluding hydrogens is 266 g/mol. The first-order valence-corrected chi connectivity index (χ1v) is 8.13. The fourth-order valence-electron chi connectivity index (χ4n) is 4.23. The minimum Gasteiger partial charge on any atom is -0.454 e. The Morgan fingerprint density at radius 2 is 2.00 bits per heavy atom. The van der Waals surface area contributed by atoms with Gasteiger partial charge in [0.2, 0.25) is 6.79 Å². The molecule has 1 saturated carbocycles. The number of aliphatic hydroxyl groups excluding tert-OH is 1. The summed E-state index contributed by atoms with van der Waals surface area (Å²) in [6.45, 7) is 2.15. The monoisotopic (exact) mass is 289 g/mol. The second kappa shape index (κ2) is 5.50. The molecule has 2 heterocycles. The van der Waals surface area contributed by atoms with Crippen molar-refractivity contribution in [3.8, 4) is 11.5 Å². The van der Waals surface area contributed by atoms with Crippen molar-refractivity contribution in [1.29, 1.82) is 0 Å². The molecule has 2 aliphatic heterocycles. The summed E-state index contributed by atoms with van der Waals surface area (Å²) in [4.78, 5) is 2.51. The van der Waals surface area contributed by atoms with Gasteiger partial charge < -0.3 is 14.6 Å². The van der Waals surface area contributed by atoms with Crippen LogP contribution in [0.4, 0.5) is 0 Å². The molecule has 0 spiro atoms. The lowest BCUT2D eigenvalue weighted by molar-refractivity contribution is 0.0506. The first kappa shape index (κ1) is 13.4. The number of likely N-dealkylation sites (tertiary alicyclic amines) is 1. The normalized spacial score (nSPS) is 29.4. The molecule has 3 aliphatic rings. The Hall–Kier alpha value is -1.26. The Morgan fingerprint density at radius 1 is 1.14 bits per heavy atom. The molecule has 114 valence electrons. The Morgan fingerprint density at radius 3 is 2.95 bits per heavy atom. The molecule has 0 radical (unpaired) electrons. The van der Waals surface area contributed by atoms with Crippen LogP contribution in [-0.4, -0.2) is 35.9 Å². The van der Waals surface area contributed by atoms with E-state index in [1.54, 1.807) is 0 Å². The summed E-state index contributed by atoms with van der Waals surface area (Å²) in [6, 6.07) is 6.47. The summed E-state index contributed by atoms with van der Waals surface area (Å²) >= 11 is 0. The van der Waals surface area contributed by atoms with Crippen LogP contribution in [0.3, 0.4) is 0 Å². The summed E-state index contributed by atoms with van der Waals surface area (Å²) in [7, 11) is 0. The largest absolute Gasteiger partial charge is 0.454 e. The number of benzene rings is 1. The van der Waals surface area contributed by atoms with E-state index in [0.29, 0.717) is 6.04 Å². The van der Waals surface area contributed by atoms with Crippen LogP contribution in [0.25, 0.3) is 0 Å². The Labute approximate surface area is 125 Å². The molecule has 4 rings (SSSR count). The van der Waals surface area contributed by atoms with E-state index in [9.17, 15) is 5.11 Å². The van der Waals surface area contributed by atoms with Crippen molar-refractivity contribution in [2.75, 3.05) is 19.9 Å². The highest BCUT2D eigenvalue weighted by atomic mass is 16.7. The van der Waals surface area contributed by atoms with E-state index in [2.05, 4.69) is 4.90 Å². The molecule has 4 heteroatoms. The molecule has 3 atom stereocenters. The van der Waals surface area contributed by atoms with E-state index in [1.807, 2.05) is 18.2 Å². The summed E-state index contributed by atoms with van der Waals surface area (Å²) in [5.74, 6) is 2.39. The number of rotatable bonds is 3. The van der Waals surface area contributed by atoms with Crippen molar-refractivity contribution < 1.29 is 14.6 Å². The van der Waals surface area contributed by atoms with E-state index in [4.69, 9.17) is 9.47 Å². The number of aliphatic hydroxyl groups is 1. The van der Waals surface area contributed by atoms with Gasteiger partial charge in [-0.15, -0.1) is 0 Å². The average Bonchev–Trinajstić information content (AvgIpc) is 3.15. The van der Waals surface area contributed by atoms with Crippen molar-refractivity contribution in [2.45, 2.75) is 44.2 Å². The van der Waals surface area contributed by atoms with E-state index in [-0.39, 0.29) is 6.79 Å². The van der Waals surface area contributed by atoms with Crippen LogP contribution in [0.5, 0.6) is 11.5 Å². The first-order chi connectivity index (χ1) is 10.3. The minimum absolute atomic E-state index is 0.283. The van der Waals surface area contributed by atoms with Gasteiger partial charge in [0.05, 0.1) is 6.10 Å². The van der Waals surface area contributed by atoms with Crippen LogP contribution in [0.2, 0.25) is 0 Å². The molecule has 1 aliphatic carbocycles. The van der Waals surface area contributed by atoms with Crippen molar-refractivity contribution >= 4 is 0 Å². The van der Waals surface area contributed by atoms with Crippen molar-refractivity contribution in [3.63, 3.8) is 0 Å². The van der Waals surface area contributed by atoms with E-state index in [1.165, 1.54) is 32.1 Å². The third-order valence-electron chi connectivity index (χ3n) is 5.30. The number of hydrogen-bond donors (Lipinski definition) is 1. The number of hydrogen-bond acceptors (Lipinski definition) is 4. The van der Waals surface area contributed by atoms with Gasteiger partial charge >= 0.3 is 0 Å². The van der Waals surface area contributed by atoms with Gasteiger partial charge in [0.25, 0.3) is 0 Å². The highest BCUT2D eigenvalue weighted by Gasteiger charge is 2.35. The molecule has 0 aromatic heterocycles. The highest BCUT2D eigenvalue weighted by Crippen LogP contribution is 2.38. The van der Waals surface area contributed by atoms with Gasteiger partial charge in [-0.2, -0.15) is 0 Å². The van der Waals surface area contributed by atoms with Gasteiger partial charge in [-0.25, -0.2) is 0 Å². The van der Waals surface area contributed by atoms with Crippen LogP contribution in [0.15, 0.2) is 18.2 Å². The second-order valence-electron chi connectivity index (χ2n) is 6.52. The fraction of sp³-hybridized carbons (Fsp3) is 0.647. The minimum atomic E-state index is -0.446. The molecule has 0 bridgehead atoms. The van der Waals surface area contributed by atoms with Crippen molar-refractivity contribution in [1.82, 2.24) is 4.90 Å². The van der Waals surface area contributed by atoms with E-state index in [0.717, 1.165) is 36.1 Å². The molecule has 1 saturated heterocycles. The number of fused-ring (bicyclic) bond motifs is 2. The molecule has 1 N–H and O–H groups in total. The van der Waals surface area contributed by atoms with Crippen LogP contribution in [0.1, 0.15) is 43.8 Å². The van der Waals surface area contributed by atoms with Crippen molar-refractivity contribution in [2.24, 2.45) is 5.92 Å². The molecule has 4 nitrogen and oxygen atoms in total. The van der Waals surface area contributed by atoms with Crippen LogP contribution >= 0.6 is 0 Å². The third-order valence-corrected chi connectivity index (χ3v) is 5.30. The molecule has 3 unspecified atom stereocenters. The SMILES string of the molecule is OC(CN1CCCC2CCCC21)c1ccc2c(c1)OCO2. The molecule has 1 aromatic carbocycles. The predicted octanol–water partition coefficient (Wildman–Crippen LogP) is 2.71. The number of nitrogens with zero attached hydrogens (tertiary/aromatic N) is 1. The Bertz CT molecular complexity index is 519. The zero-order valence-corrected chi connectivity index (χ0v) is 12.3. The lowest BCUT2D eigenvalue weighted by atomic mass is 9.91. The van der Waals surface area contributed by atoms with Gasteiger partial charge in [-0.1, -0.05) is 12.5 Å². The highest BCUT2D eigenvalue weighted by molar-refractivity contribution is 5.45. The summed E-state index contributed by atoms with van der Waals surface area (Å²) < 4.78 is 10.7. The molecule has 1 aromatic rings. The lowest BCUT2D eigenvalue weighted by Crippen LogP contribution is -2.44. The summed E-state index contributed by atoms with van der Waals surface area (Å²) in [5.41, 5.74) is 0.930. The maximum atomic E-state index is 10.6. The van der Waals surface area contributed by atoms with Crippen LogP contribution in [0, 0.1) is 5.92 Å². The van der Waals surface area contributed by atoms with E-state index >= 15 is 0 Å². The van der Waals surface area contributed by atoms with Gasteiger partial charge in [-0.3, -0.25) is 4.90 Å². The Kier molecular flexibility index (Phi) is 3.51. The van der Waals surface area contributed by atoms with Crippen LogP contribution in [-0.2, 0) is 0 Å². The van der Waals surface area contributed by atoms with Crippen LogP contribution < -0.4 is 9.47 Å². The maximum absolute atomic E-state index is 10.6. The fourth-order valence-corrected chi connectivity index (χ4v) is 4.23. The molecule has 21 heavy (non-hydrogen) atoms. The smallest absolute Gasteiger partial charge is 0.231 e. The van der Waals surface area contributed by atoms with Gasteiger partial charge in [0.15, 0.2) is 11.5 Å². The van der Waals surface area contributed by atoms with Crippen molar-refractivity contribution in [3.05, 3.63) is 23.8 Å². The van der Waals surface area contributed by atoms with E-state index < -0.39 is 6.10 Å². The number of ether oxygens (including phenoxy) is 2. The lowest BCUT2D eigenvalue weighted by Gasteiger charge is -2.38. The van der Waals surface area contributed by atoms with Gasteiger partial charge in [-0.05, 0) is 55.8 Å². The topological polar surface area (TPSA) is 41.9 Å². The summed E-state index contributed by atoms with van der Waals surface area (Å²) in [6.07, 6.45) is 6.24. The number of piperidine rings is 1. The zero-order chi connectivity index (χ0) is 14.2. The summed E-state index contributed by atoms with van der Waals surface area (Å²) in [5, 5.41) is 10.6. The average molecular weight is 289 g/mol. The standard InChI is InChI=1S/C17H23NO3/c19-15(13-6-7-16-17(9-13)21-11-20-16)10-18-8-2-4-12-3-1-5-14(12)18/h6-7,9,12,14-15,19H,1-5,8,10-11H2. The molecule has 0 amide bonds. The third kappa shape index (κ3) is 2.51. The maximum Gasteiger partial charge on any atom is 0.231 e. The molecule has 2 fully saturated rings. The quantitative estimate of drug-likeness (QED) is 0.929. The predicted molar refractivity (Wildman–Crippen MR) is 79.5 cm³/mol. The zero-order valence-electron chi connectivity index (χ0n) is 12.3. The number of β-amino-alcohol motifs (C(OH)–C–C–N with tert-alkyl or cyclic N) is 1. The van der Waals surface area contributed by atoms with Gasteiger partial charge in [0.1, 0.15) is 0 Å².